The van der Waals surface area contributed by atoms with Crippen molar-refractivity contribution in [3.8, 4) is 0 Å². The Balaban J connectivity index is 1.60. The smallest absolute Gasteiger partial charge is 0.0543 e. The van der Waals surface area contributed by atoms with E-state index in [0.29, 0.717) is 0 Å². The Morgan fingerprint density at radius 1 is 1.25 bits per heavy atom. The average molecular weight is 217 g/mol. The number of hydrogen-bond donors (Lipinski definition) is 0. The fourth-order valence-electron chi connectivity index (χ4n) is 2.92. The van der Waals surface area contributed by atoms with Crippen LogP contribution in [0.2, 0.25) is 0 Å². The van der Waals surface area contributed by atoms with Gasteiger partial charge in [-0.2, -0.15) is 0 Å². The van der Waals surface area contributed by atoms with Gasteiger partial charge in [0.2, 0.25) is 0 Å². The van der Waals surface area contributed by atoms with Gasteiger partial charge in [0, 0.05) is 38.4 Å². The average Bonchev–Trinajstić information content (AvgIpc) is 2.77. The summed E-state index contributed by atoms with van der Waals surface area (Å²) in [6.07, 6.45) is 4.67. The molecule has 1 aromatic heterocycles. The Kier molecular flexibility index (Phi) is 2.89. The Hall–Kier alpha value is -0.930. The molecule has 0 bridgehead atoms. The van der Waals surface area contributed by atoms with Crippen LogP contribution in [-0.4, -0.2) is 47.0 Å². The van der Waals surface area contributed by atoms with Crippen LogP contribution in [-0.2, 0) is 6.54 Å². The van der Waals surface area contributed by atoms with Gasteiger partial charge in [0.15, 0.2) is 0 Å². The first-order valence-electron chi connectivity index (χ1n) is 6.28. The third-order valence-electron chi connectivity index (χ3n) is 3.78. The minimum absolute atomic E-state index is 0.817. The maximum Gasteiger partial charge on any atom is 0.0543 e. The molecule has 0 aromatic carbocycles. The highest BCUT2D eigenvalue weighted by molar-refractivity contribution is 5.03. The van der Waals surface area contributed by atoms with Crippen molar-refractivity contribution in [2.75, 3.05) is 26.2 Å². The van der Waals surface area contributed by atoms with Crippen molar-refractivity contribution in [2.24, 2.45) is 0 Å². The molecular formula is C13H19N3. The molecule has 2 aliphatic rings. The topological polar surface area (TPSA) is 19.4 Å². The van der Waals surface area contributed by atoms with E-state index in [1.54, 1.807) is 0 Å². The summed E-state index contributed by atoms with van der Waals surface area (Å²) in [4.78, 5) is 9.60. The van der Waals surface area contributed by atoms with Crippen LogP contribution in [0.1, 0.15) is 18.5 Å². The summed E-state index contributed by atoms with van der Waals surface area (Å²) >= 11 is 0. The number of fused-ring (bicyclic) bond motifs is 1. The zero-order chi connectivity index (χ0) is 10.8. The SMILES string of the molecule is c1ccc(CN2CCN3CCCC3C2)nc1. The second kappa shape index (κ2) is 4.52. The van der Waals surface area contributed by atoms with E-state index in [1.807, 2.05) is 12.3 Å². The molecule has 3 heterocycles. The van der Waals surface area contributed by atoms with Crippen LogP contribution < -0.4 is 0 Å². The predicted molar refractivity (Wildman–Crippen MR) is 64.1 cm³/mol. The highest BCUT2D eigenvalue weighted by atomic mass is 15.3. The van der Waals surface area contributed by atoms with Gasteiger partial charge >= 0.3 is 0 Å². The number of nitrogens with zero attached hydrogens (tertiary/aromatic N) is 3. The standard InChI is InChI=1S/C13H19N3/c1-2-6-14-12(4-1)10-15-8-9-16-7-3-5-13(16)11-15/h1-2,4,6,13H,3,5,7-11H2. The minimum atomic E-state index is 0.817. The van der Waals surface area contributed by atoms with Gasteiger partial charge < -0.3 is 0 Å². The van der Waals surface area contributed by atoms with E-state index >= 15 is 0 Å². The monoisotopic (exact) mass is 217 g/mol. The van der Waals surface area contributed by atoms with E-state index in [9.17, 15) is 0 Å². The van der Waals surface area contributed by atoms with Crippen molar-refractivity contribution in [3.05, 3.63) is 30.1 Å². The third kappa shape index (κ3) is 2.11. The summed E-state index contributed by atoms with van der Waals surface area (Å²) in [5, 5.41) is 0. The van der Waals surface area contributed by atoms with Crippen molar-refractivity contribution < 1.29 is 0 Å². The zero-order valence-corrected chi connectivity index (χ0v) is 9.68. The van der Waals surface area contributed by atoms with Crippen molar-refractivity contribution in [2.45, 2.75) is 25.4 Å². The van der Waals surface area contributed by atoms with Crippen LogP contribution in [0, 0.1) is 0 Å². The van der Waals surface area contributed by atoms with Gasteiger partial charge in [0.25, 0.3) is 0 Å². The summed E-state index contributed by atoms with van der Waals surface area (Å²) in [5.41, 5.74) is 1.20. The first kappa shape index (κ1) is 10.2. The van der Waals surface area contributed by atoms with Gasteiger partial charge in [0.1, 0.15) is 0 Å². The Morgan fingerprint density at radius 3 is 3.12 bits per heavy atom. The van der Waals surface area contributed by atoms with Crippen molar-refractivity contribution in [1.82, 2.24) is 14.8 Å². The Morgan fingerprint density at radius 2 is 2.25 bits per heavy atom. The molecule has 0 radical (unpaired) electrons. The molecule has 3 nitrogen and oxygen atoms in total. The zero-order valence-electron chi connectivity index (χ0n) is 9.68. The first-order chi connectivity index (χ1) is 7.92. The van der Waals surface area contributed by atoms with E-state index in [-0.39, 0.29) is 0 Å². The van der Waals surface area contributed by atoms with Gasteiger partial charge in [0.05, 0.1) is 5.69 Å². The molecule has 0 spiro atoms. The second-order valence-electron chi connectivity index (χ2n) is 4.89. The molecule has 1 unspecified atom stereocenters. The summed E-state index contributed by atoms with van der Waals surface area (Å²) < 4.78 is 0. The van der Waals surface area contributed by atoms with E-state index in [4.69, 9.17) is 0 Å². The minimum Gasteiger partial charge on any atom is -0.298 e. The van der Waals surface area contributed by atoms with Crippen LogP contribution in [0.4, 0.5) is 0 Å². The van der Waals surface area contributed by atoms with E-state index in [0.717, 1.165) is 12.6 Å². The molecule has 86 valence electrons. The molecule has 0 N–H and O–H groups in total. The molecule has 2 fully saturated rings. The highest BCUT2D eigenvalue weighted by Gasteiger charge is 2.30. The largest absolute Gasteiger partial charge is 0.298 e. The summed E-state index contributed by atoms with van der Waals surface area (Å²) in [6.45, 7) is 6.02. The number of rotatable bonds is 2. The highest BCUT2D eigenvalue weighted by Crippen LogP contribution is 2.22. The number of aromatic nitrogens is 1. The van der Waals surface area contributed by atoms with Crippen molar-refractivity contribution in [3.63, 3.8) is 0 Å². The fourth-order valence-corrected chi connectivity index (χ4v) is 2.92. The molecule has 0 amide bonds. The molecule has 16 heavy (non-hydrogen) atoms. The van der Waals surface area contributed by atoms with Crippen LogP contribution in [0.3, 0.4) is 0 Å². The van der Waals surface area contributed by atoms with Gasteiger partial charge in [-0.1, -0.05) is 6.07 Å². The van der Waals surface area contributed by atoms with Crippen LogP contribution in [0.25, 0.3) is 0 Å². The number of piperazine rings is 1. The van der Waals surface area contributed by atoms with Gasteiger partial charge in [-0.3, -0.25) is 14.8 Å². The Labute approximate surface area is 97.1 Å². The van der Waals surface area contributed by atoms with Crippen molar-refractivity contribution >= 4 is 0 Å². The van der Waals surface area contributed by atoms with Gasteiger partial charge in [-0.05, 0) is 31.5 Å². The molecule has 3 rings (SSSR count). The molecule has 1 aromatic rings. The second-order valence-corrected chi connectivity index (χ2v) is 4.89. The van der Waals surface area contributed by atoms with Crippen LogP contribution in [0.15, 0.2) is 24.4 Å². The lowest BCUT2D eigenvalue weighted by Crippen LogP contribution is -2.49. The predicted octanol–water partition coefficient (Wildman–Crippen LogP) is 1.36. The maximum absolute atomic E-state index is 4.40. The lowest BCUT2D eigenvalue weighted by molar-refractivity contribution is 0.0984. The van der Waals surface area contributed by atoms with E-state index in [1.165, 1.54) is 44.7 Å². The number of hydrogen-bond acceptors (Lipinski definition) is 3. The molecule has 2 saturated heterocycles. The van der Waals surface area contributed by atoms with Gasteiger partial charge in [-0.25, -0.2) is 0 Å². The normalized spacial score (nSPS) is 26.9. The lowest BCUT2D eigenvalue weighted by atomic mass is 10.1. The molecule has 2 aliphatic heterocycles. The molecule has 0 aliphatic carbocycles. The van der Waals surface area contributed by atoms with Crippen LogP contribution >= 0.6 is 0 Å². The fraction of sp³-hybridized carbons (Fsp3) is 0.615. The summed E-state index contributed by atoms with van der Waals surface area (Å²) in [7, 11) is 0. The third-order valence-corrected chi connectivity index (χ3v) is 3.78. The Bertz CT molecular complexity index is 338. The lowest BCUT2D eigenvalue weighted by Gasteiger charge is -2.37. The summed E-state index contributed by atoms with van der Waals surface area (Å²) in [5.74, 6) is 0. The van der Waals surface area contributed by atoms with E-state index in [2.05, 4.69) is 26.9 Å². The van der Waals surface area contributed by atoms with E-state index < -0.39 is 0 Å². The van der Waals surface area contributed by atoms with Crippen LogP contribution in [0.5, 0.6) is 0 Å². The molecule has 1 atom stereocenters. The number of pyridine rings is 1. The molecule has 3 heteroatoms. The molecule has 0 saturated carbocycles. The van der Waals surface area contributed by atoms with Gasteiger partial charge in [-0.15, -0.1) is 0 Å². The molecular weight excluding hydrogens is 198 g/mol. The first-order valence-corrected chi connectivity index (χ1v) is 6.28. The van der Waals surface area contributed by atoms with Crippen molar-refractivity contribution in [1.29, 1.82) is 0 Å². The quantitative estimate of drug-likeness (QED) is 0.745. The maximum atomic E-state index is 4.40. The summed E-state index contributed by atoms with van der Waals surface area (Å²) in [6, 6.07) is 7.01.